The van der Waals surface area contributed by atoms with Crippen LogP contribution in [-0.4, -0.2) is 11.7 Å². The fraction of sp³-hybridized carbons (Fsp3) is 0.222. The molecule has 4 heteroatoms. The molecule has 0 atom stereocenters. The Bertz CT molecular complexity index is 424. The van der Waals surface area contributed by atoms with Gasteiger partial charge in [-0.2, -0.15) is 0 Å². The summed E-state index contributed by atoms with van der Waals surface area (Å²) in [6.45, 7) is 0.580. The van der Waals surface area contributed by atoms with E-state index >= 15 is 0 Å². The Labute approximate surface area is 84.0 Å². The second kappa shape index (κ2) is 3.47. The zero-order chi connectivity index (χ0) is 9.26. The molecule has 0 unspecified atom stereocenters. The molecule has 2 N–H and O–H groups in total. The van der Waals surface area contributed by atoms with Crippen molar-refractivity contribution in [1.29, 1.82) is 0 Å². The molecule has 1 heterocycles. The lowest BCUT2D eigenvalue weighted by molar-refractivity contribution is 0.392. The number of nitrogens with two attached hydrogens (primary N) is 1. The lowest BCUT2D eigenvalue weighted by atomic mass is 10.2. The Kier molecular flexibility index (Phi) is 2.33. The highest BCUT2D eigenvalue weighted by molar-refractivity contribution is 9.10. The molecule has 0 saturated carbocycles. The molecule has 2 rings (SSSR count). The van der Waals surface area contributed by atoms with Crippen molar-refractivity contribution in [3.8, 4) is 0 Å². The fourth-order valence-corrected chi connectivity index (χ4v) is 1.73. The Morgan fingerprint density at radius 1 is 1.46 bits per heavy atom. The van der Waals surface area contributed by atoms with Crippen LogP contribution in [0.1, 0.15) is 5.76 Å². The van der Waals surface area contributed by atoms with E-state index in [-0.39, 0.29) is 0 Å². The molecule has 0 spiro atoms. The number of halogens is 1. The summed E-state index contributed by atoms with van der Waals surface area (Å²) >= 11 is 3.41. The van der Waals surface area contributed by atoms with Gasteiger partial charge in [0.1, 0.15) is 11.3 Å². The van der Waals surface area contributed by atoms with Crippen molar-refractivity contribution in [1.82, 2.24) is 5.16 Å². The first-order valence-electron chi connectivity index (χ1n) is 4.06. The zero-order valence-electron chi connectivity index (χ0n) is 6.96. The van der Waals surface area contributed by atoms with Gasteiger partial charge in [0.15, 0.2) is 0 Å². The van der Waals surface area contributed by atoms with E-state index in [1.807, 2.05) is 18.2 Å². The number of hydrogen-bond donors (Lipinski definition) is 1. The molecule has 13 heavy (non-hydrogen) atoms. The number of nitrogens with zero attached hydrogens (tertiary/aromatic N) is 1. The molecule has 1 aromatic carbocycles. The summed E-state index contributed by atoms with van der Waals surface area (Å²) in [6.07, 6.45) is 0.729. The topological polar surface area (TPSA) is 52.0 Å². The Hall–Kier alpha value is -0.870. The van der Waals surface area contributed by atoms with E-state index in [1.165, 1.54) is 0 Å². The van der Waals surface area contributed by atoms with Gasteiger partial charge in [0.25, 0.3) is 0 Å². The summed E-state index contributed by atoms with van der Waals surface area (Å²) in [5, 5.41) is 5.00. The van der Waals surface area contributed by atoms with E-state index < -0.39 is 0 Å². The van der Waals surface area contributed by atoms with Crippen LogP contribution in [0.3, 0.4) is 0 Å². The minimum atomic E-state index is 0.580. The van der Waals surface area contributed by atoms with Crippen molar-refractivity contribution < 1.29 is 4.52 Å². The van der Waals surface area contributed by atoms with Crippen molar-refractivity contribution in [3.05, 3.63) is 28.4 Å². The maximum atomic E-state index is 5.45. The van der Waals surface area contributed by atoms with Gasteiger partial charge in [-0.1, -0.05) is 11.2 Å². The van der Waals surface area contributed by atoms with Crippen molar-refractivity contribution in [2.24, 2.45) is 5.73 Å². The third-order valence-corrected chi connectivity index (χ3v) is 2.55. The average molecular weight is 241 g/mol. The maximum absolute atomic E-state index is 5.45. The SMILES string of the molecule is NCCc1onc2c(Br)cccc12. The van der Waals surface area contributed by atoms with Crippen LogP contribution in [0, 0.1) is 0 Å². The van der Waals surface area contributed by atoms with E-state index in [2.05, 4.69) is 21.1 Å². The predicted octanol–water partition coefficient (Wildman–Crippen LogP) is 2.09. The molecule has 0 aliphatic carbocycles. The van der Waals surface area contributed by atoms with Crippen molar-refractivity contribution in [2.75, 3.05) is 6.54 Å². The standard InChI is InChI=1S/C9H9BrN2O/c10-7-3-1-2-6-8(4-5-11)13-12-9(6)7/h1-3H,4-5,11H2. The maximum Gasteiger partial charge on any atom is 0.145 e. The summed E-state index contributed by atoms with van der Waals surface area (Å²) in [5.74, 6) is 0.860. The molecule has 0 amide bonds. The van der Waals surface area contributed by atoms with Crippen molar-refractivity contribution in [2.45, 2.75) is 6.42 Å². The monoisotopic (exact) mass is 240 g/mol. The summed E-state index contributed by atoms with van der Waals surface area (Å²) in [5.41, 5.74) is 6.32. The first kappa shape index (κ1) is 8.72. The smallest absolute Gasteiger partial charge is 0.145 e. The van der Waals surface area contributed by atoms with Crippen LogP contribution in [0.2, 0.25) is 0 Å². The molecule has 3 nitrogen and oxygen atoms in total. The lowest BCUT2D eigenvalue weighted by Gasteiger charge is -1.92. The average Bonchev–Trinajstić information content (AvgIpc) is 2.51. The fourth-order valence-electron chi connectivity index (χ4n) is 1.29. The van der Waals surface area contributed by atoms with Gasteiger partial charge >= 0.3 is 0 Å². The number of aromatic nitrogens is 1. The first-order chi connectivity index (χ1) is 6.33. The zero-order valence-corrected chi connectivity index (χ0v) is 8.54. The number of rotatable bonds is 2. The Morgan fingerprint density at radius 3 is 3.08 bits per heavy atom. The van der Waals surface area contributed by atoms with E-state index in [0.717, 1.165) is 27.6 Å². The Morgan fingerprint density at radius 2 is 2.31 bits per heavy atom. The Balaban J connectivity index is 2.61. The van der Waals surface area contributed by atoms with E-state index in [9.17, 15) is 0 Å². The summed E-state index contributed by atoms with van der Waals surface area (Å²) in [4.78, 5) is 0. The predicted molar refractivity (Wildman–Crippen MR) is 54.5 cm³/mol. The molecule has 0 radical (unpaired) electrons. The lowest BCUT2D eigenvalue weighted by Crippen LogP contribution is -2.01. The van der Waals surface area contributed by atoms with Gasteiger partial charge < -0.3 is 10.3 Å². The molecule has 0 aliphatic rings. The second-order valence-corrected chi connectivity index (χ2v) is 3.63. The van der Waals surface area contributed by atoms with Gasteiger partial charge in [0.05, 0.1) is 0 Å². The van der Waals surface area contributed by atoms with Crippen LogP contribution in [0.25, 0.3) is 10.9 Å². The molecule has 0 bridgehead atoms. The van der Waals surface area contributed by atoms with Crippen LogP contribution in [0.5, 0.6) is 0 Å². The van der Waals surface area contributed by atoms with Gasteiger partial charge in [0.2, 0.25) is 0 Å². The molecular formula is C9H9BrN2O. The molecular weight excluding hydrogens is 232 g/mol. The summed E-state index contributed by atoms with van der Waals surface area (Å²) < 4.78 is 6.13. The summed E-state index contributed by atoms with van der Waals surface area (Å²) in [6, 6.07) is 5.89. The van der Waals surface area contributed by atoms with Crippen LogP contribution in [-0.2, 0) is 6.42 Å². The highest BCUT2D eigenvalue weighted by Gasteiger charge is 2.08. The third-order valence-electron chi connectivity index (χ3n) is 1.91. The van der Waals surface area contributed by atoms with Crippen molar-refractivity contribution in [3.63, 3.8) is 0 Å². The van der Waals surface area contributed by atoms with Crippen LogP contribution in [0.15, 0.2) is 27.2 Å². The number of hydrogen-bond acceptors (Lipinski definition) is 3. The van der Waals surface area contributed by atoms with E-state index in [0.29, 0.717) is 6.54 Å². The van der Waals surface area contributed by atoms with E-state index in [4.69, 9.17) is 10.3 Å². The molecule has 68 valence electrons. The number of benzene rings is 1. The highest BCUT2D eigenvalue weighted by atomic mass is 79.9. The second-order valence-electron chi connectivity index (χ2n) is 2.78. The van der Waals surface area contributed by atoms with Crippen LogP contribution < -0.4 is 5.73 Å². The normalized spacial score (nSPS) is 10.9. The van der Waals surface area contributed by atoms with Gasteiger partial charge in [0, 0.05) is 16.3 Å². The molecule has 0 aliphatic heterocycles. The first-order valence-corrected chi connectivity index (χ1v) is 4.85. The quantitative estimate of drug-likeness (QED) is 0.875. The van der Waals surface area contributed by atoms with E-state index in [1.54, 1.807) is 0 Å². The van der Waals surface area contributed by atoms with Crippen LogP contribution >= 0.6 is 15.9 Å². The molecule has 2 aromatic rings. The van der Waals surface area contributed by atoms with Gasteiger partial charge in [-0.25, -0.2) is 0 Å². The third kappa shape index (κ3) is 1.47. The molecule has 1 aromatic heterocycles. The van der Waals surface area contributed by atoms with Gasteiger partial charge in [-0.3, -0.25) is 0 Å². The summed E-state index contributed by atoms with van der Waals surface area (Å²) in [7, 11) is 0. The molecule has 0 fully saturated rings. The van der Waals surface area contributed by atoms with Crippen molar-refractivity contribution >= 4 is 26.8 Å². The van der Waals surface area contributed by atoms with Crippen LogP contribution in [0.4, 0.5) is 0 Å². The highest BCUT2D eigenvalue weighted by Crippen LogP contribution is 2.25. The minimum absolute atomic E-state index is 0.580. The largest absolute Gasteiger partial charge is 0.360 e. The van der Waals surface area contributed by atoms with Gasteiger partial charge in [-0.15, -0.1) is 0 Å². The molecule has 0 saturated heterocycles. The van der Waals surface area contributed by atoms with Gasteiger partial charge in [-0.05, 0) is 34.6 Å². The number of fused-ring (bicyclic) bond motifs is 1. The minimum Gasteiger partial charge on any atom is -0.360 e.